The lowest BCUT2D eigenvalue weighted by Gasteiger charge is -2.35. The van der Waals surface area contributed by atoms with E-state index in [-0.39, 0.29) is 5.41 Å². The van der Waals surface area contributed by atoms with Gasteiger partial charge >= 0.3 is 0 Å². The van der Waals surface area contributed by atoms with Crippen LogP contribution in [0.4, 0.5) is 17.3 Å². The average molecular weight is 441 g/mol. The van der Waals surface area contributed by atoms with Crippen LogP contribution in [0.15, 0.2) is 48.5 Å². The van der Waals surface area contributed by atoms with E-state index in [0.29, 0.717) is 5.95 Å². The molecule has 3 aliphatic rings. The Kier molecular flexibility index (Phi) is 5.07. The van der Waals surface area contributed by atoms with Crippen LogP contribution < -0.4 is 15.5 Å². The highest BCUT2D eigenvalue weighted by Gasteiger charge is 2.46. The maximum atomic E-state index is 5.16. The molecule has 6 heteroatoms. The molecular formula is C27H32N6. The monoisotopic (exact) mass is 440 g/mol. The van der Waals surface area contributed by atoms with E-state index in [9.17, 15) is 0 Å². The summed E-state index contributed by atoms with van der Waals surface area (Å²) in [6.07, 6.45) is 2.15. The molecule has 2 aromatic carbocycles. The van der Waals surface area contributed by atoms with Crippen LogP contribution in [0.5, 0.6) is 0 Å². The number of aryl methyl sites for hydroxylation is 1. The zero-order chi connectivity index (χ0) is 22.4. The van der Waals surface area contributed by atoms with Gasteiger partial charge in [-0.3, -0.25) is 0 Å². The molecule has 33 heavy (non-hydrogen) atoms. The Hall–Kier alpha value is -2.96. The van der Waals surface area contributed by atoms with Crippen molar-refractivity contribution in [2.24, 2.45) is 0 Å². The first-order valence-corrected chi connectivity index (χ1v) is 12.1. The molecule has 0 atom stereocenters. The molecule has 2 N–H and O–H groups in total. The predicted octanol–water partition coefficient (Wildman–Crippen LogP) is 3.93. The van der Waals surface area contributed by atoms with Crippen molar-refractivity contribution in [1.29, 1.82) is 0 Å². The van der Waals surface area contributed by atoms with Crippen LogP contribution in [-0.4, -0.2) is 61.2 Å². The number of nitrogens with zero attached hydrogens (tertiary/aromatic N) is 4. The summed E-state index contributed by atoms with van der Waals surface area (Å²) in [4.78, 5) is 14.9. The predicted molar refractivity (Wildman–Crippen MR) is 135 cm³/mol. The lowest BCUT2D eigenvalue weighted by Crippen LogP contribution is -2.44. The van der Waals surface area contributed by atoms with Gasteiger partial charge in [0.05, 0.1) is 11.4 Å². The Morgan fingerprint density at radius 1 is 0.909 bits per heavy atom. The normalized spacial score (nSPS) is 19.4. The van der Waals surface area contributed by atoms with Gasteiger partial charge < -0.3 is 20.4 Å². The van der Waals surface area contributed by atoms with Gasteiger partial charge in [0, 0.05) is 48.5 Å². The topological polar surface area (TPSA) is 56.3 Å². The Morgan fingerprint density at radius 2 is 1.64 bits per heavy atom. The molecule has 0 saturated carbocycles. The van der Waals surface area contributed by atoms with Gasteiger partial charge in [-0.25, -0.2) is 9.97 Å². The summed E-state index contributed by atoms with van der Waals surface area (Å²) < 4.78 is 0. The van der Waals surface area contributed by atoms with Crippen molar-refractivity contribution >= 4 is 17.3 Å². The molecule has 1 aliphatic carbocycles. The van der Waals surface area contributed by atoms with E-state index in [1.54, 1.807) is 0 Å². The van der Waals surface area contributed by atoms with Crippen molar-refractivity contribution in [1.82, 2.24) is 20.2 Å². The number of piperidine rings is 1. The number of rotatable bonds is 3. The minimum atomic E-state index is -0.00735. The molecule has 0 amide bonds. The van der Waals surface area contributed by atoms with Crippen molar-refractivity contribution in [3.63, 3.8) is 0 Å². The van der Waals surface area contributed by atoms with Gasteiger partial charge in [-0.15, -0.1) is 0 Å². The van der Waals surface area contributed by atoms with Crippen LogP contribution in [0.3, 0.4) is 0 Å². The summed E-state index contributed by atoms with van der Waals surface area (Å²) in [6.45, 7) is 8.55. The van der Waals surface area contributed by atoms with Gasteiger partial charge in [0.1, 0.15) is 0 Å². The fourth-order valence-corrected chi connectivity index (χ4v) is 5.85. The first-order chi connectivity index (χ1) is 16.1. The highest BCUT2D eigenvalue weighted by Crippen LogP contribution is 2.53. The number of anilines is 3. The van der Waals surface area contributed by atoms with E-state index < -0.39 is 0 Å². The van der Waals surface area contributed by atoms with Gasteiger partial charge in [0.15, 0.2) is 0 Å². The number of fused-ring (bicyclic) bond motifs is 5. The Morgan fingerprint density at radius 3 is 2.39 bits per heavy atom. The van der Waals surface area contributed by atoms with Crippen molar-refractivity contribution < 1.29 is 0 Å². The van der Waals surface area contributed by atoms with Crippen LogP contribution in [-0.2, 0) is 5.41 Å². The molecule has 0 unspecified atom stereocenters. The molecule has 1 aromatic heterocycles. The van der Waals surface area contributed by atoms with Crippen molar-refractivity contribution in [3.8, 4) is 11.1 Å². The van der Waals surface area contributed by atoms with Crippen LogP contribution in [0.1, 0.15) is 29.8 Å². The third-order valence-electron chi connectivity index (χ3n) is 7.70. The maximum absolute atomic E-state index is 5.16. The van der Waals surface area contributed by atoms with Gasteiger partial charge in [-0.05, 0) is 75.3 Å². The Balaban J connectivity index is 1.31. The molecule has 6 nitrogen and oxygen atoms in total. The molecular weight excluding hydrogens is 408 g/mol. The molecule has 1 spiro atoms. The molecule has 3 heterocycles. The number of benzene rings is 2. The molecule has 2 saturated heterocycles. The summed E-state index contributed by atoms with van der Waals surface area (Å²) in [6, 6.07) is 17.5. The zero-order valence-electron chi connectivity index (χ0n) is 19.6. The van der Waals surface area contributed by atoms with E-state index in [2.05, 4.69) is 82.9 Å². The third kappa shape index (κ3) is 3.49. The van der Waals surface area contributed by atoms with Crippen LogP contribution in [0, 0.1) is 6.92 Å². The molecule has 0 bridgehead atoms. The number of nitrogens with one attached hydrogen (secondary N) is 2. The third-order valence-corrected chi connectivity index (χ3v) is 7.70. The minimum Gasteiger partial charge on any atom is -0.369 e. The van der Waals surface area contributed by atoms with Crippen LogP contribution in [0.25, 0.3) is 11.1 Å². The molecule has 6 rings (SSSR count). The van der Waals surface area contributed by atoms with Gasteiger partial charge in [-0.2, -0.15) is 0 Å². The van der Waals surface area contributed by atoms with Crippen molar-refractivity contribution in [2.45, 2.75) is 25.2 Å². The fourth-order valence-electron chi connectivity index (χ4n) is 5.85. The molecule has 2 fully saturated rings. The van der Waals surface area contributed by atoms with Gasteiger partial charge in [0.2, 0.25) is 5.95 Å². The lowest BCUT2D eigenvalue weighted by atomic mass is 9.73. The largest absolute Gasteiger partial charge is 0.369 e. The zero-order valence-corrected chi connectivity index (χ0v) is 19.6. The van der Waals surface area contributed by atoms with E-state index in [1.165, 1.54) is 28.1 Å². The Bertz CT molecular complexity index is 1160. The second-order valence-electron chi connectivity index (χ2n) is 9.70. The van der Waals surface area contributed by atoms with Crippen LogP contribution in [0.2, 0.25) is 0 Å². The summed E-state index contributed by atoms with van der Waals surface area (Å²) in [5.41, 5.74) is 8.54. The highest BCUT2D eigenvalue weighted by atomic mass is 15.2. The number of hydrogen-bond acceptors (Lipinski definition) is 6. The van der Waals surface area contributed by atoms with Gasteiger partial charge in [-0.1, -0.05) is 24.3 Å². The SMILES string of the molecule is Cc1nc(Nc2ccc(N3CCN(C)CC3)cc2)nc2c1-c1ccccc1C21CCNCC1. The lowest BCUT2D eigenvalue weighted by molar-refractivity contribution is 0.313. The fraction of sp³-hybridized carbons (Fsp3) is 0.407. The summed E-state index contributed by atoms with van der Waals surface area (Å²) in [5, 5.41) is 7.03. The second-order valence-corrected chi connectivity index (χ2v) is 9.70. The van der Waals surface area contributed by atoms with Crippen molar-refractivity contribution in [3.05, 3.63) is 65.5 Å². The standard InChI is InChI=1S/C27H32N6/c1-19-24-22-5-3-4-6-23(22)27(11-13-28-14-12-27)25(24)31-26(29-19)30-20-7-9-21(10-8-20)33-17-15-32(2)16-18-33/h3-10,28H,11-18H2,1-2H3,(H,29,30,31). The first-order valence-electron chi connectivity index (χ1n) is 12.1. The quantitative estimate of drug-likeness (QED) is 0.644. The Labute approximate surface area is 196 Å². The summed E-state index contributed by atoms with van der Waals surface area (Å²) in [7, 11) is 2.19. The second kappa shape index (κ2) is 8.12. The minimum absolute atomic E-state index is 0.00735. The van der Waals surface area contributed by atoms with Crippen LogP contribution >= 0.6 is 0 Å². The highest BCUT2D eigenvalue weighted by molar-refractivity contribution is 5.82. The van der Waals surface area contributed by atoms with E-state index in [1.807, 2.05) is 0 Å². The van der Waals surface area contributed by atoms with E-state index >= 15 is 0 Å². The van der Waals surface area contributed by atoms with Crippen molar-refractivity contribution in [2.75, 3.05) is 56.5 Å². The molecule has 170 valence electrons. The average Bonchev–Trinajstić information content (AvgIpc) is 3.10. The molecule has 3 aromatic rings. The molecule has 0 radical (unpaired) electrons. The smallest absolute Gasteiger partial charge is 0.227 e. The number of piperazine rings is 1. The van der Waals surface area contributed by atoms with E-state index in [0.717, 1.165) is 63.5 Å². The number of likely N-dealkylation sites (N-methyl/N-ethyl adjacent to an activating group) is 1. The maximum Gasteiger partial charge on any atom is 0.227 e. The number of aromatic nitrogens is 2. The first kappa shape index (κ1) is 20.6. The number of hydrogen-bond donors (Lipinski definition) is 2. The molecule has 2 aliphatic heterocycles. The summed E-state index contributed by atoms with van der Waals surface area (Å²) in [5.74, 6) is 0.698. The van der Waals surface area contributed by atoms with E-state index in [4.69, 9.17) is 9.97 Å². The van der Waals surface area contributed by atoms with Gasteiger partial charge in [0.25, 0.3) is 0 Å². The summed E-state index contributed by atoms with van der Waals surface area (Å²) >= 11 is 0.